The van der Waals surface area contributed by atoms with E-state index < -0.39 is 42.1 Å². The van der Waals surface area contributed by atoms with Gasteiger partial charge in [0.1, 0.15) is 11.4 Å². The molecule has 0 saturated heterocycles. The number of carboxylic acid groups (broad SMARTS) is 1. The number of aromatic amines is 2. The Hall–Kier alpha value is -6.76. The highest BCUT2D eigenvalue weighted by Crippen LogP contribution is 2.25. The van der Waals surface area contributed by atoms with E-state index in [2.05, 4.69) is 15.5 Å². The fraction of sp³-hybridized carbons (Fsp3) is 0.292. The third-order valence-electron chi connectivity index (χ3n) is 9.94. The van der Waals surface area contributed by atoms with Crippen molar-refractivity contribution in [2.45, 2.75) is 63.8 Å². The van der Waals surface area contributed by atoms with Crippen molar-refractivity contribution in [2.75, 3.05) is 13.2 Å². The smallest absolute Gasteiger partial charge is 0.353 e. The Bertz CT molecular complexity index is 2690. The van der Waals surface area contributed by atoms with Gasteiger partial charge in [0.25, 0.3) is 17.0 Å². The molecule has 0 unspecified atom stereocenters. The second-order valence-corrected chi connectivity index (χ2v) is 16.1. The molecule has 4 aromatic carbocycles. The van der Waals surface area contributed by atoms with Gasteiger partial charge in [-0.2, -0.15) is 0 Å². The van der Waals surface area contributed by atoms with Crippen LogP contribution in [0.2, 0.25) is 10.0 Å². The van der Waals surface area contributed by atoms with E-state index in [9.17, 15) is 39.0 Å². The zero-order valence-electron chi connectivity index (χ0n) is 37.3. The predicted molar refractivity (Wildman–Crippen MR) is 254 cm³/mol. The van der Waals surface area contributed by atoms with E-state index in [0.29, 0.717) is 22.9 Å². The quantitative estimate of drug-likeness (QED) is 0.0576. The molecule has 6 aromatic rings. The van der Waals surface area contributed by atoms with Gasteiger partial charge >= 0.3 is 17.9 Å². The van der Waals surface area contributed by atoms with Crippen LogP contribution < -0.4 is 22.2 Å². The molecule has 0 spiro atoms. The molecule has 0 saturated carbocycles. The van der Waals surface area contributed by atoms with E-state index in [-0.39, 0.29) is 54.6 Å². The lowest BCUT2D eigenvalue weighted by Gasteiger charge is -2.21. The number of aliphatic hydroxyl groups excluding tert-OH is 2. The number of H-pyrrole nitrogens is 2. The fourth-order valence-electron chi connectivity index (χ4n) is 6.56. The van der Waals surface area contributed by atoms with Crippen molar-refractivity contribution in [2.24, 2.45) is 19.8 Å². The van der Waals surface area contributed by atoms with Crippen LogP contribution in [0.4, 0.5) is 0 Å². The molecule has 0 aliphatic heterocycles. The first-order valence-electron chi connectivity index (χ1n) is 21.1. The summed E-state index contributed by atoms with van der Waals surface area (Å²) in [7, 11) is 2.96. The van der Waals surface area contributed by atoms with Gasteiger partial charge in [-0.05, 0) is 90.8 Å². The Balaban J connectivity index is 0.000000250. The highest BCUT2D eigenvalue weighted by atomic mass is 35.5. The number of ether oxygens (including phenoxy) is 2. The lowest BCUT2D eigenvalue weighted by atomic mass is 9.97. The molecule has 0 aliphatic rings. The summed E-state index contributed by atoms with van der Waals surface area (Å²) in [4.78, 5) is 68.5. The summed E-state index contributed by atoms with van der Waals surface area (Å²) < 4.78 is 11.9. The summed E-state index contributed by atoms with van der Waals surface area (Å²) in [6.07, 6.45) is -1.50. The van der Waals surface area contributed by atoms with E-state index in [1.807, 2.05) is 97.1 Å². The van der Waals surface area contributed by atoms with E-state index >= 15 is 0 Å². The van der Waals surface area contributed by atoms with Crippen LogP contribution in [-0.2, 0) is 46.0 Å². The number of benzene rings is 4. The number of nitrogens with zero attached hydrogens (tertiary/aromatic N) is 2. The molecule has 356 valence electrons. The van der Waals surface area contributed by atoms with Crippen molar-refractivity contribution in [3.8, 4) is 22.3 Å². The minimum atomic E-state index is -1.39. The van der Waals surface area contributed by atoms with Crippen LogP contribution in [0.3, 0.4) is 0 Å². The van der Waals surface area contributed by atoms with Gasteiger partial charge < -0.3 is 35.8 Å². The highest BCUT2D eigenvalue weighted by Gasteiger charge is 2.25. The zero-order valence-corrected chi connectivity index (χ0v) is 38.8. The molecule has 2 aromatic heterocycles. The summed E-state index contributed by atoms with van der Waals surface area (Å²) in [5.74, 6) is -3.01. The minimum Gasteiger partial charge on any atom is -0.477 e. The van der Waals surface area contributed by atoms with Gasteiger partial charge in [-0.25, -0.2) is 14.4 Å². The van der Waals surface area contributed by atoms with Gasteiger partial charge in [-0.15, -0.1) is 0 Å². The number of halogens is 2. The van der Waals surface area contributed by atoms with E-state index in [1.54, 1.807) is 13.8 Å². The molecule has 8 N–H and O–H groups in total. The van der Waals surface area contributed by atoms with Gasteiger partial charge in [0, 0.05) is 54.8 Å². The second-order valence-electron chi connectivity index (χ2n) is 15.2. The van der Waals surface area contributed by atoms with Gasteiger partial charge in [0.05, 0.1) is 13.2 Å². The molecule has 6 rings (SSSR count). The molecule has 2 heterocycles. The molecular formula is C48H54Cl2N6O11. The maximum atomic E-state index is 12.7. The van der Waals surface area contributed by atoms with Crippen LogP contribution in [0.25, 0.3) is 22.3 Å². The number of carbonyl (C=O) groups excluding carboxylic acids is 3. The van der Waals surface area contributed by atoms with Crippen LogP contribution in [-0.4, -0.2) is 96.2 Å². The number of nitrogens with two attached hydrogens (primary N) is 1. The Morgan fingerprint density at radius 3 is 1.46 bits per heavy atom. The number of hydrogen-bond acceptors (Lipinski definition) is 11. The maximum Gasteiger partial charge on any atom is 0.353 e. The summed E-state index contributed by atoms with van der Waals surface area (Å²) >= 11 is 12.1. The van der Waals surface area contributed by atoms with Crippen molar-refractivity contribution in [1.29, 1.82) is 0 Å². The van der Waals surface area contributed by atoms with Crippen molar-refractivity contribution < 1.29 is 44.0 Å². The number of nitrogens with one attached hydrogen (secondary N) is 3. The molecule has 0 aliphatic carbocycles. The van der Waals surface area contributed by atoms with Gasteiger partial charge in [0.15, 0.2) is 12.2 Å². The number of aliphatic hydroxyl groups is 2. The number of rotatable bonds is 17. The van der Waals surface area contributed by atoms with Gasteiger partial charge in [-0.1, -0.05) is 96.0 Å². The molecule has 0 fully saturated rings. The number of esters is 2. The Morgan fingerprint density at radius 1 is 0.642 bits per heavy atom. The molecule has 67 heavy (non-hydrogen) atoms. The monoisotopic (exact) mass is 960 g/mol. The van der Waals surface area contributed by atoms with Crippen molar-refractivity contribution in [3.63, 3.8) is 0 Å². The van der Waals surface area contributed by atoms with E-state index in [1.165, 1.54) is 24.8 Å². The first-order chi connectivity index (χ1) is 31.9. The average Bonchev–Trinajstić information content (AvgIpc) is 3.82. The number of carbonyl (C=O) groups is 4. The summed E-state index contributed by atoms with van der Waals surface area (Å²) in [5, 5.41) is 37.5. The molecule has 17 nitrogen and oxygen atoms in total. The normalized spacial score (nSPS) is 12.5. The number of aryl methyl sites for hydroxylation is 2. The van der Waals surface area contributed by atoms with Crippen LogP contribution in [0.15, 0.2) is 119 Å². The first-order valence-corrected chi connectivity index (χ1v) is 21.8. The molecule has 4 atom stereocenters. The van der Waals surface area contributed by atoms with Crippen LogP contribution in [0.5, 0.6) is 0 Å². The third kappa shape index (κ3) is 16.9. The maximum absolute atomic E-state index is 12.7. The SMILES string of the molecule is CCOC(=O)[C@H](O)C[C@@H](Cc1ccc(-c2cccc(Cl)c2)cc1)NC(=O)c1cc(=O)n(C)[nH]1.CCOC(=O)[C@H](O)C[C@H](N)Cc1ccc(-c2cccc(Cl)c2)cc1.Cn1[nH]c(C(=O)O)cc1=O. The zero-order chi connectivity index (χ0) is 49.2. The molecule has 0 bridgehead atoms. The molecule has 1 amide bonds. The van der Waals surface area contributed by atoms with E-state index in [4.69, 9.17) is 43.5 Å². The van der Waals surface area contributed by atoms with Crippen molar-refractivity contribution >= 4 is 47.0 Å². The Morgan fingerprint density at radius 2 is 1.07 bits per heavy atom. The molecular weight excluding hydrogens is 907 g/mol. The van der Waals surface area contributed by atoms with E-state index in [0.717, 1.165) is 44.1 Å². The molecule has 19 heteroatoms. The number of aromatic nitrogens is 4. The van der Waals surface area contributed by atoms with Crippen LogP contribution >= 0.6 is 23.2 Å². The highest BCUT2D eigenvalue weighted by molar-refractivity contribution is 6.31. The third-order valence-corrected chi connectivity index (χ3v) is 10.4. The van der Waals surface area contributed by atoms with Gasteiger partial charge in [-0.3, -0.25) is 33.9 Å². The van der Waals surface area contributed by atoms with Crippen LogP contribution in [0.1, 0.15) is 58.8 Å². The minimum absolute atomic E-state index is 0.0440. The topological polar surface area (TPSA) is 261 Å². The van der Waals surface area contributed by atoms with Crippen molar-refractivity contribution in [3.05, 3.63) is 162 Å². The standard InChI is InChI=1S/C24H26ClN3O5.C19H22ClNO3.C5H6N2O3/c1-3-33-24(32)21(29)13-19(26-23(31)20-14-22(30)28(2)27-20)11-15-7-9-16(10-8-15)17-5-4-6-18(25)12-17;1-2-24-19(23)18(22)12-17(21)10-13-6-8-14(9-7-13)15-4-3-5-16(20)11-15;1-7-4(8)2-3(6-7)5(9)10/h4-10,12,14,19,21,27,29H,3,11,13H2,1-2H3,(H,26,31);3-9,11,17-18,22H,2,10,12,21H2,1H3;2,6H,1H3,(H,9,10)/t19-,21-;17-,18-;/m11./s1. The first kappa shape index (κ1) is 52.9. The average molecular weight is 962 g/mol. The fourth-order valence-corrected chi connectivity index (χ4v) is 6.94. The van der Waals surface area contributed by atoms with Crippen molar-refractivity contribution in [1.82, 2.24) is 24.9 Å². The van der Waals surface area contributed by atoms with Crippen LogP contribution in [0, 0.1) is 0 Å². The largest absolute Gasteiger partial charge is 0.477 e. The number of carboxylic acids is 1. The number of amides is 1. The Labute approximate surface area is 396 Å². The van der Waals surface area contributed by atoms with Gasteiger partial charge in [0.2, 0.25) is 0 Å². The number of aromatic carboxylic acids is 1. The summed E-state index contributed by atoms with van der Waals surface area (Å²) in [6, 6.07) is 32.2. The summed E-state index contributed by atoms with van der Waals surface area (Å²) in [5.41, 5.74) is 11.3. The molecule has 0 radical (unpaired) electrons. The predicted octanol–water partition coefficient (Wildman–Crippen LogP) is 5.29. The number of hydrogen-bond donors (Lipinski definition) is 7. The lowest BCUT2D eigenvalue weighted by Crippen LogP contribution is -2.41. The second kappa shape index (κ2) is 25.8. The Kier molecular flexibility index (Phi) is 20.4. The lowest BCUT2D eigenvalue weighted by molar-refractivity contribution is -0.154. The summed E-state index contributed by atoms with van der Waals surface area (Å²) in [6.45, 7) is 3.74.